The second kappa shape index (κ2) is 4.22. The number of aliphatic carboxylic acids is 1. The van der Waals surface area contributed by atoms with Gasteiger partial charge in [-0.3, -0.25) is 0 Å². The third-order valence-electron chi connectivity index (χ3n) is 2.10. The molecule has 6 nitrogen and oxygen atoms in total. The molecule has 1 aliphatic rings. The predicted octanol–water partition coefficient (Wildman–Crippen LogP) is 0.671. The quantitative estimate of drug-likeness (QED) is 0.738. The first kappa shape index (κ1) is 9.85. The number of rotatable bonds is 3. The van der Waals surface area contributed by atoms with Gasteiger partial charge in [0.05, 0.1) is 12.5 Å². The van der Waals surface area contributed by atoms with Crippen LogP contribution >= 0.6 is 0 Å². The van der Waals surface area contributed by atoms with E-state index in [2.05, 4.69) is 10.2 Å². The number of ether oxygens (including phenoxy) is 1. The van der Waals surface area contributed by atoms with Gasteiger partial charge in [-0.1, -0.05) is 0 Å². The molecule has 0 spiro atoms. The topological polar surface area (TPSA) is 85.5 Å². The van der Waals surface area contributed by atoms with Gasteiger partial charge in [-0.05, 0) is 6.42 Å². The maximum Gasteiger partial charge on any atom is 0.328 e. The Kier molecular flexibility index (Phi) is 2.77. The lowest BCUT2D eigenvalue weighted by molar-refractivity contribution is -0.131. The van der Waals surface area contributed by atoms with Gasteiger partial charge < -0.3 is 14.3 Å². The van der Waals surface area contributed by atoms with Crippen molar-refractivity contribution in [2.75, 3.05) is 13.2 Å². The largest absolute Gasteiger partial charge is 0.478 e. The minimum Gasteiger partial charge on any atom is -0.478 e. The Morgan fingerprint density at radius 3 is 3.07 bits per heavy atom. The minimum atomic E-state index is -1.04. The third-order valence-corrected chi connectivity index (χ3v) is 2.10. The van der Waals surface area contributed by atoms with Crippen LogP contribution in [0.3, 0.4) is 0 Å². The number of aromatic nitrogens is 2. The van der Waals surface area contributed by atoms with E-state index < -0.39 is 5.97 Å². The molecule has 6 heteroatoms. The van der Waals surface area contributed by atoms with Gasteiger partial charge in [0, 0.05) is 18.8 Å². The number of carbonyl (C=O) groups is 1. The Morgan fingerprint density at radius 2 is 2.40 bits per heavy atom. The molecule has 1 aliphatic heterocycles. The van der Waals surface area contributed by atoms with E-state index in [0.717, 1.165) is 12.5 Å². The normalized spacial score (nSPS) is 21.2. The van der Waals surface area contributed by atoms with Crippen molar-refractivity contribution in [3.63, 3.8) is 0 Å². The fraction of sp³-hybridized carbons (Fsp3) is 0.444. The molecule has 1 saturated heterocycles. The number of hydrogen-bond acceptors (Lipinski definition) is 5. The summed E-state index contributed by atoms with van der Waals surface area (Å²) in [5.74, 6) is -0.180. The number of hydrogen-bond donors (Lipinski definition) is 1. The van der Waals surface area contributed by atoms with Crippen LogP contribution in [0.15, 0.2) is 10.5 Å². The Labute approximate surface area is 85.6 Å². The molecule has 0 aliphatic carbocycles. The van der Waals surface area contributed by atoms with Crippen LogP contribution in [0.4, 0.5) is 0 Å². The van der Waals surface area contributed by atoms with Crippen LogP contribution < -0.4 is 0 Å². The van der Waals surface area contributed by atoms with E-state index in [-0.39, 0.29) is 11.8 Å². The zero-order valence-corrected chi connectivity index (χ0v) is 7.92. The predicted molar refractivity (Wildman–Crippen MR) is 49.1 cm³/mol. The second-order valence-corrected chi connectivity index (χ2v) is 3.21. The van der Waals surface area contributed by atoms with Gasteiger partial charge in [0.1, 0.15) is 0 Å². The van der Waals surface area contributed by atoms with Gasteiger partial charge in [-0.2, -0.15) is 0 Å². The monoisotopic (exact) mass is 210 g/mol. The van der Waals surface area contributed by atoms with Crippen LogP contribution in [-0.2, 0) is 9.53 Å². The zero-order chi connectivity index (χ0) is 10.7. The van der Waals surface area contributed by atoms with Gasteiger partial charge in [-0.15, -0.1) is 10.2 Å². The first-order chi connectivity index (χ1) is 7.25. The summed E-state index contributed by atoms with van der Waals surface area (Å²) in [6, 6.07) is 0. The number of nitrogens with zero attached hydrogens (tertiary/aromatic N) is 2. The maximum atomic E-state index is 10.2. The molecule has 1 atom stereocenters. The van der Waals surface area contributed by atoms with E-state index in [4.69, 9.17) is 14.3 Å². The van der Waals surface area contributed by atoms with Gasteiger partial charge in [-0.25, -0.2) is 4.79 Å². The number of carboxylic acids is 1. The summed E-state index contributed by atoms with van der Waals surface area (Å²) in [6.07, 6.45) is 3.10. The molecule has 1 aromatic rings. The summed E-state index contributed by atoms with van der Waals surface area (Å²) in [5, 5.41) is 15.9. The molecule has 0 aromatic carbocycles. The molecule has 2 heterocycles. The molecule has 0 radical (unpaired) electrons. The van der Waals surface area contributed by atoms with Crippen molar-refractivity contribution in [2.45, 2.75) is 12.3 Å². The summed E-state index contributed by atoms with van der Waals surface area (Å²) in [4.78, 5) is 10.2. The van der Waals surface area contributed by atoms with Crippen molar-refractivity contribution in [3.05, 3.63) is 17.9 Å². The summed E-state index contributed by atoms with van der Waals surface area (Å²) in [7, 11) is 0. The standard InChI is InChI=1S/C9H10N2O4/c12-8(13)2-1-7-10-11-9(15-7)6-3-4-14-5-6/h1-2,6H,3-5H2,(H,12,13)/b2-1+. The molecule has 2 rings (SSSR count). The van der Waals surface area contributed by atoms with E-state index >= 15 is 0 Å². The Bertz CT molecular complexity index is 379. The Hall–Kier alpha value is -1.69. The highest BCUT2D eigenvalue weighted by atomic mass is 16.5. The number of carboxylic acid groups (broad SMARTS) is 1. The molecule has 0 saturated carbocycles. The molecule has 80 valence electrons. The minimum absolute atomic E-state index is 0.143. The average molecular weight is 210 g/mol. The van der Waals surface area contributed by atoms with E-state index in [1.54, 1.807) is 0 Å². The van der Waals surface area contributed by atoms with Crippen LogP contribution in [0.5, 0.6) is 0 Å². The van der Waals surface area contributed by atoms with Crippen LogP contribution in [0.25, 0.3) is 6.08 Å². The van der Waals surface area contributed by atoms with E-state index in [9.17, 15) is 4.79 Å². The lowest BCUT2D eigenvalue weighted by Gasteiger charge is -1.97. The molecular formula is C9H10N2O4. The van der Waals surface area contributed by atoms with Crippen molar-refractivity contribution in [2.24, 2.45) is 0 Å². The zero-order valence-electron chi connectivity index (χ0n) is 7.92. The fourth-order valence-electron chi connectivity index (χ4n) is 1.35. The highest BCUT2D eigenvalue weighted by Gasteiger charge is 2.22. The smallest absolute Gasteiger partial charge is 0.328 e. The SMILES string of the molecule is O=C(O)/C=C/c1nnc(C2CCOC2)o1. The maximum absolute atomic E-state index is 10.2. The van der Waals surface area contributed by atoms with Crippen molar-refractivity contribution < 1.29 is 19.1 Å². The van der Waals surface area contributed by atoms with Crippen molar-refractivity contribution in [1.82, 2.24) is 10.2 Å². The van der Waals surface area contributed by atoms with Crippen molar-refractivity contribution in [3.8, 4) is 0 Å². The van der Waals surface area contributed by atoms with Crippen molar-refractivity contribution >= 4 is 12.0 Å². The van der Waals surface area contributed by atoms with Gasteiger partial charge in [0.15, 0.2) is 0 Å². The van der Waals surface area contributed by atoms with Gasteiger partial charge >= 0.3 is 5.97 Å². The molecule has 1 unspecified atom stereocenters. The summed E-state index contributed by atoms with van der Waals surface area (Å²) in [6.45, 7) is 1.29. The van der Waals surface area contributed by atoms with Crippen LogP contribution in [0, 0.1) is 0 Å². The van der Waals surface area contributed by atoms with Gasteiger partial charge in [0.2, 0.25) is 11.8 Å². The summed E-state index contributed by atoms with van der Waals surface area (Å²) < 4.78 is 10.4. The third kappa shape index (κ3) is 2.41. The molecule has 1 fully saturated rings. The lowest BCUT2D eigenvalue weighted by Crippen LogP contribution is -1.97. The summed E-state index contributed by atoms with van der Waals surface area (Å²) in [5.41, 5.74) is 0. The van der Waals surface area contributed by atoms with Crippen molar-refractivity contribution in [1.29, 1.82) is 0 Å². The van der Waals surface area contributed by atoms with Crippen LogP contribution in [-0.4, -0.2) is 34.5 Å². The van der Waals surface area contributed by atoms with E-state index in [1.165, 1.54) is 6.08 Å². The molecule has 0 amide bonds. The molecule has 15 heavy (non-hydrogen) atoms. The molecule has 1 N–H and O–H groups in total. The Morgan fingerprint density at radius 1 is 1.53 bits per heavy atom. The van der Waals surface area contributed by atoms with E-state index in [1.807, 2.05) is 0 Å². The second-order valence-electron chi connectivity index (χ2n) is 3.21. The van der Waals surface area contributed by atoms with Crippen LogP contribution in [0.1, 0.15) is 24.1 Å². The molecule has 0 bridgehead atoms. The fourth-order valence-corrected chi connectivity index (χ4v) is 1.35. The summed E-state index contributed by atoms with van der Waals surface area (Å²) >= 11 is 0. The average Bonchev–Trinajstić information content (AvgIpc) is 2.85. The highest BCUT2D eigenvalue weighted by Crippen LogP contribution is 2.23. The van der Waals surface area contributed by atoms with Crippen LogP contribution in [0.2, 0.25) is 0 Å². The first-order valence-corrected chi connectivity index (χ1v) is 4.58. The van der Waals surface area contributed by atoms with Gasteiger partial charge in [0.25, 0.3) is 0 Å². The van der Waals surface area contributed by atoms with E-state index in [0.29, 0.717) is 19.1 Å². The molecular weight excluding hydrogens is 200 g/mol. The molecule has 1 aromatic heterocycles. The first-order valence-electron chi connectivity index (χ1n) is 4.58. The lowest BCUT2D eigenvalue weighted by atomic mass is 10.1. The highest BCUT2D eigenvalue weighted by molar-refractivity contribution is 5.84. The Balaban J connectivity index is 2.06.